The molecule has 5 N–H and O–H groups in total. The second-order valence-corrected chi connectivity index (χ2v) is 13.5. The summed E-state index contributed by atoms with van der Waals surface area (Å²) in [7, 11) is 0. The third-order valence-electron chi connectivity index (χ3n) is 10.9. The van der Waals surface area contributed by atoms with Gasteiger partial charge in [-0.1, -0.05) is 19.9 Å². The number of allylic oxidation sites excluding steroid dienone is 4. The van der Waals surface area contributed by atoms with Gasteiger partial charge < -0.3 is 19.3 Å². The van der Waals surface area contributed by atoms with Crippen LogP contribution in [0.5, 0.6) is 0 Å². The van der Waals surface area contributed by atoms with Crippen molar-refractivity contribution in [2.75, 3.05) is 26.4 Å². The van der Waals surface area contributed by atoms with Crippen LogP contribution in [-0.2, 0) is 38.3 Å². The number of alkyl halides is 2. The fourth-order valence-electron chi connectivity index (χ4n) is 8.76. The van der Waals surface area contributed by atoms with E-state index < -0.39 is 106 Å². The topological polar surface area (TPSA) is 222 Å². The summed E-state index contributed by atoms with van der Waals surface area (Å²) < 4.78 is 49.6. The maximum atomic E-state index is 17.7. The molecule has 4 aliphatic carbocycles. The standard InChI is InChI=1S/C31H44F2N2O14/c1-18-13-20-21-15-23(32)22-14-19(36)8-9-28(22,2)30(21,33)24(37)16-29(20,3)31(18,49-26(39)7-6-12-48-35(43)44)25(38)17-46-27(40)45-10-4-5-11-47-34(41)42/h8-9,14,18,20-21,23-24,37,41-44H,4-7,10-13,15-17H2,1-3H3/t18-,20?,21?,23+,24+,28?,29+,30+,31+/m1/s1. The number of fused-ring (bicyclic) bond motifs is 5. The molecule has 3 unspecified atom stereocenters. The molecule has 4 aliphatic rings. The summed E-state index contributed by atoms with van der Waals surface area (Å²) in [6, 6.07) is 0. The highest BCUT2D eigenvalue weighted by Gasteiger charge is 2.78. The zero-order chi connectivity index (χ0) is 36.4. The van der Waals surface area contributed by atoms with E-state index in [-0.39, 0.29) is 57.5 Å². The molecule has 0 bridgehead atoms. The minimum Gasteiger partial charge on any atom is -0.450 e. The van der Waals surface area contributed by atoms with Gasteiger partial charge in [0, 0.05) is 29.1 Å². The van der Waals surface area contributed by atoms with Gasteiger partial charge in [-0.3, -0.25) is 44.9 Å². The first kappa shape index (κ1) is 38.9. The molecule has 0 saturated heterocycles. The molecule has 18 heteroatoms. The Morgan fingerprint density at radius 3 is 2.24 bits per heavy atom. The monoisotopic (exact) mass is 706 g/mol. The van der Waals surface area contributed by atoms with E-state index in [9.17, 15) is 24.3 Å². The van der Waals surface area contributed by atoms with Crippen LogP contribution >= 0.6 is 0 Å². The molecule has 3 saturated carbocycles. The van der Waals surface area contributed by atoms with Crippen molar-refractivity contribution in [3.8, 4) is 0 Å². The highest BCUT2D eigenvalue weighted by molar-refractivity contribution is 6.01. The Morgan fingerprint density at radius 2 is 1.59 bits per heavy atom. The van der Waals surface area contributed by atoms with Gasteiger partial charge >= 0.3 is 12.1 Å². The molecule has 49 heavy (non-hydrogen) atoms. The maximum Gasteiger partial charge on any atom is 0.508 e. The lowest BCUT2D eigenvalue weighted by Gasteiger charge is -2.63. The molecule has 0 amide bonds. The second kappa shape index (κ2) is 15.1. The summed E-state index contributed by atoms with van der Waals surface area (Å²) in [6.45, 7) is 3.09. The molecule has 0 aromatic carbocycles. The Hall–Kier alpha value is -2.94. The molecule has 0 aliphatic heterocycles. The molecular formula is C31H44F2N2O14. The normalized spacial score (nSPS) is 36.5. The van der Waals surface area contributed by atoms with Crippen LogP contribution < -0.4 is 0 Å². The van der Waals surface area contributed by atoms with E-state index >= 15 is 8.78 Å². The number of nitrogens with zero attached hydrogens (tertiary/aromatic N) is 2. The lowest BCUT2D eigenvalue weighted by molar-refractivity contribution is -0.492. The first-order chi connectivity index (χ1) is 22.9. The van der Waals surface area contributed by atoms with Crippen molar-refractivity contribution in [1.29, 1.82) is 0 Å². The Morgan fingerprint density at radius 1 is 0.959 bits per heavy atom. The van der Waals surface area contributed by atoms with Gasteiger partial charge in [0.05, 0.1) is 36.7 Å². The summed E-state index contributed by atoms with van der Waals surface area (Å²) >= 11 is 0. The van der Waals surface area contributed by atoms with Crippen molar-refractivity contribution >= 4 is 23.7 Å². The average Bonchev–Trinajstić information content (AvgIpc) is 3.24. The number of unbranched alkanes of at least 4 members (excludes halogenated alkanes) is 1. The Bertz CT molecular complexity index is 1330. The molecule has 9 atom stereocenters. The third kappa shape index (κ3) is 7.15. The van der Waals surface area contributed by atoms with Gasteiger partial charge in [0.25, 0.3) is 0 Å². The van der Waals surface area contributed by atoms with Crippen LogP contribution in [-0.4, -0.2) is 110 Å². The SMILES string of the molecule is C[C@@H]1CC2C3C[C@H](F)C4=CC(=O)C=CC4(C)[C@@]3(F)[C@@H](O)C[C@]2(C)[C@@]1(OC(=O)CCCON(O)O)C(=O)COC(=O)OCCCCON(O)O. The highest BCUT2D eigenvalue weighted by Crippen LogP contribution is 2.71. The molecule has 0 aromatic rings. The van der Waals surface area contributed by atoms with Crippen molar-refractivity contribution in [3.05, 3.63) is 23.8 Å². The minimum atomic E-state index is -2.46. The van der Waals surface area contributed by atoms with Gasteiger partial charge in [-0.2, -0.15) is 0 Å². The lowest BCUT2D eigenvalue weighted by Crippen LogP contribution is -2.71. The minimum absolute atomic E-state index is 0.0708. The van der Waals surface area contributed by atoms with Crippen molar-refractivity contribution < 1.29 is 77.8 Å². The molecule has 16 nitrogen and oxygen atoms in total. The van der Waals surface area contributed by atoms with Crippen LogP contribution in [0.3, 0.4) is 0 Å². The van der Waals surface area contributed by atoms with Crippen LogP contribution in [0.1, 0.15) is 65.7 Å². The van der Waals surface area contributed by atoms with Gasteiger partial charge in [-0.25, -0.2) is 13.6 Å². The number of aliphatic hydroxyl groups is 1. The molecule has 0 spiro atoms. The lowest BCUT2D eigenvalue weighted by atomic mass is 9.44. The van der Waals surface area contributed by atoms with Crippen molar-refractivity contribution in [2.24, 2.45) is 28.6 Å². The smallest absolute Gasteiger partial charge is 0.450 e. The summed E-state index contributed by atoms with van der Waals surface area (Å²) in [4.78, 5) is 60.9. The molecule has 4 rings (SSSR count). The number of carbonyl (C=O) groups excluding carboxylic acids is 4. The van der Waals surface area contributed by atoms with Crippen molar-refractivity contribution in [1.82, 2.24) is 10.8 Å². The van der Waals surface area contributed by atoms with Crippen LogP contribution in [0.15, 0.2) is 23.8 Å². The number of rotatable bonds is 15. The van der Waals surface area contributed by atoms with Crippen LogP contribution in [0.25, 0.3) is 0 Å². The molecule has 0 aromatic heterocycles. The molecular weight excluding hydrogens is 662 g/mol. The molecule has 0 radical (unpaired) electrons. The van der Waals surface area contributed by atoms with Gasteiger partial charge in [0.2, 0.25) is 5.78 Å². The third-order valence-corrected chi connectivity index (χ3v) is 10.9. The quantitative estimate of drug-likeness (QED) is 0.0937. The molecule has 276 valence electrons. The molecule has 3 fully saturated rings. The first-order valence-corrected chi connectivity index (χ1v) is 16.1. The predicted octanol–water partition coefficient (Wildman–Crippen LogP) is 3.14. The Kier molecular flexibility index (Phi) is 12.0. The van der Waals surface area contributed by atoms with E-state index in [1.807, 2.05) is 0 Å². The van der Waals surface area contributed by atoms with Gasteiger partial charge in [0.1, 0.15) is 6.17 Å². The van der Waals surface area contributed by atoms with E-state index in [0.29, 0.717) is 0 Å². The number of hydrogen-bond donors (Lipinski definition) is 5. The summed E-state index contributed by atoms with van der Waals surface area (Å²) in [5.74, 6) is -5.12. The van der Waals surface area contributed by atoms with Gasteiger partial charge in [-0.15, -0.1) is 0 Å². The van der Waals surface area contributed by atoms with E-state index in [2.05, 4.69) is 9.68 Å². The van der Waals surface area contributed by atoms with Crippen molar-refractivity contribution in [2.45, 2.75) is 89.3 Å². The van der Waals surface area contributed by atoms with Crippen LogP contribution in [0.4, 0.5) is 13.6 Å². The van der Waals surface area contributed by atoms with E-state index in [1.54, 1.807) is 13.8 Å². The van der Waals surface area contributed by atoms with Gasteiger partial charge in [-0.05, 0) is 69.1 Å². The van der Waals surface area contributed by atoms with Crippen molar-refractivity contribution in [3.63, 3.8) is 0 Å². The largest absolute Gasteiger partial charge is 0.508 e. The summed E-state index contributed by atoms with van der Waals surface area (Å²) in [5, 5.41) is 45.3. The number of carbonyl (C=O) groups is 4. The fourth-order valence-corrected chi connectivity index (χ4v) is 8.76. The first-order valence-electron chi connectivity index (χ1n) is 16.1. The van der Waals surface area contributed by atoms with Crippen LogP contribution in [0.2, 0.25) is 0 Å². The second-order valence-electron chi connectivity index (χ2n) is 13.5. The number of ketones is 2. The zero-order valence-electron chi connectivity index (χ0n) is 27.5. The average molecular weight is 707 g/mol. The number of halogens is 2. The van der Waals surface area contributed by atoms with Gasteiger partial charge in [0.15, 0.2) is 23.7 Å². The van der Waals surface area contributed by atoms with E-state index in [1.165, 1.54) is 13.0 Å². The number of Topliss-reactive ketones (excluding diaryl/α,β-unsaturated/α-hetero) is 1. The Balaban J connectivity index is 1.60. The summed E-state index contributed by atoms with van der Waals surface area (Å²) in [6.07, 6.45) is -1.94. The predicted molar refractivity (Wildman–Crippen MR) is 156 cm³/mol. The highest BCUT2D eigenvalue weighted by atomic mass is 19.1. The zero-order valence-corrected chi connectivity index (χ0v) is 27.5. The summed E-state index contributed by atoms with van der Waals surface area (Å²) in [5.41, 5.74) is -7.79. The van der Waals surface area contributed by atoms with E-state index in [4.69, 9.17) is 35.0 Å². The maximum absolute atomic E-state index is 17.7. The Labute approximate surface area is 280 Å². The van der Waals surface area contributed by atoms with E-state index in [0.717, 1.165) is 12.2 Å². The fraction of sp³-hybridized carbons (Fsp3) is 0.742. The number of aliphatic hydroxyl groups excluding tert-OH is 1. The van der Waals surface area contributed by atoms with Crippen LogP contribution in [0, 0.1) is 28.6 Å². The number of hydrogen-bond acceptors (Lipinski definition) is 16. The molecule has 0 heterocycles. The number of ether oxygens (including phenoxy) is 3. The number of esters is 1.